The van der Waals surface area contributed by atoms with Gasteiger partial charge in [0.05, 0.1) is 16.1 Å². The molecule has 112 valence electrons. The van der Waals surface area contributed by atoms with Crippen LogP contribution in [0.3, 0.4) is 0 Å². The average Bonchev–Trinajstić information content (AvgIpc) is 2.45. The summed E-state index contributed by atoms with van der Waals surface area (Å²) in [5.41, 5.74) is 3.79. The third kappa shape index (κ3) is 4.31. The Labute approximate surface area is 143 Å². The molecule has 0 saturated carbocycles. The summed E-state index contributed by atoms with van der Waals surface area (Å²) in [6, 6.07) is 13.1. The van der Waals surface area contributed by atoms with Gasteiger partial charge in [0.1, 0.15) is 5.75 Å². The van der Waals surface area contributed by atoms with Gasteiger partial charge in [-0.2, -0.15) is 0 Å². The van der Waals surface area contributed by atoms with Crippen LogP contribution in [0.15, 0.2) is 45.3 Å². The van der Waals surface area contributed by atoms with Crippen LogP contribution in [0.2, 0.25) is 0 Å². The van der Waals surface area contributed by atoms with Crippen molar-refractivity contribution in [3.63, 3.8) is 0 Å². The van der Waals surface area contributed by atoms with Gasteiger partial charge in [0.15, 0.2) is 0 Å². The van der Waals surface area contributed by atoms with Gasteiger partial charge in [-0.15, -0.1) is 0 Å². The van der Waals surface area contributed by atoms with Crippen molar-refractivity contribution in [2.24, 2.45) is 0 Å². The number of aryl methyl sites for hydroxylation is 1. The molecule has 0 aliphatic carbocycles. The third-order valence-corrected chi connectivity index (χ3v) is 4.63. The van der Waals surface area contributed by atoms with Crippen LogP contribution < -0.4 is 10.1 Å². The van der Waals surface area contributed by atoms with Gasteiger partial charge in [0.25, 0.3) is 0 Å². The van der Waals surface area contributed by atoms with E-state index in [1.54, 1.807) is 7.11 Å². The molecular formula is C17H19Br2NO. The molecule has 4 heteroatoms. The first-order valence-electron chi connectivity index (χ1n) is 6.83. The van der Waals surface area contributed by atoms with Crippen LogP contribution in [0.4, 0.5) is 0 Å². The Morgan fingerprint density at radius 2 is 1.67 bits per heavy atom. The van der Waals surface area contributed by atoms with Crippen molar-refractivity contribution in [3.8, 4) is 5.75 Å². The van der Waals surface area contributed by atoms with Gasteiger partial charge in [-0.1, -0.05) is 29.8 Å². The van der Waals surface area contributed by atoms with Crippen molar-refractivity contribution in [2.45, 2.75) is 26.4 Å². The van der Waals surface area contributed by atoms with Crippen LogP contribution in [0.25, 0.3) is 0 Å². The van der Waals surface area contributed by atoms with E-state index >= 15 is 0 Å². The Morgan fingerprint density at radius 3 is 2.19 bits per heavy atom. The second-order valence-corrected chi connectivity index (χ2v) is 6.81. The van der Waals surface area contributed by atoms with Crippen LogP contribution in [0, 0.1) is 6.92 Å². The number of halogens is 2. The third-order valence-electron chi connectivity index (χ3n) is 3.45. The molecule has 0 bridgehead atoms. The molecule has 0 unspecified atom stereocenters. The number of rotatable bonds is 5. The molecule has 2 aromatic rings. The molecule has 0 aromatic heterocycles. The SMILES string of the molecule is COc1c(Br)cc(CN[C@@H](C)c2ccc(C)cc2)cc1Br. The van der Waals surface area contributed by atoms with Gasteiger partial charge in [0, 0.05) is 12.6 Å². The van der Waals surface area contributed by atoms with Crippen molar-refractivity contribution in [2.75, 3.05) is 7.11 Å². The highest BCUT2D eigenvalue weighted by atomic mass is 79.9. The lowest BCUT2D eigenvalue weighted by atomic mass is 10.1. The summed E-state index contributed by atoms with van der Waals surface area (Å²) in [4.78, 5) is 0. The smallest absolute Gasteiger partial charge is 0.147 e. The topological polar surface area (TPSA) is 21.3 Å². The zero-order valence-electron chi connectivity index (χ0n) is 12.4. The minimum Gasteiger partial charge on any atom is -0.494 e. The maximum Gasteiger partial charge on any atom is 0.147 e. The molecule has 21 heavy (non-hydrogen) atoms. The summed E-state index contributed by atoms with van der Waals surface area (Å²) in [6.45, 7) is 5.09. The van der Waals surface area contributed by atoms with E-state index in [1.165, 1.54) is 16.7 Å². The van der Waals surface area contributed by atoms with Gasteiger partial charge in [0.2, 0.25) is 0 Å². The molecule has 2 rings (SSSR count). The number of hydrogen-bond donors (Lipinski definition) is 1. The Balaban J connectivity index is 2.04. The molecule has 1 atom stereocenters. The first kappa shape index (κ1) is 16.5. The van der Waals surface area contributed by atoms with Crippen LogP contribution >= 0.6 is 31.9 Å². The summed E-state index contributed by atoms with van der Waals surface area (Å²) in [7, 11) is 1.67. The van der Waals surface area contributed by atoms with E-state index in [0.29, 0.717) is 6.04 Å². The van der Waals surface area contributed by atoms with Crippen molar-refractivity contribution in [3.05, 3.63) is 62.0 Å². The lowest BCUT2D eigenvalue weighted by Gasteiger charge is -2.16. The second-order valence-electron chi connectivity index (χ2n) is 5.11. The van der Waals surface area contributed by atoms with Crippen LogP contribution in [0.5, 0.6) is 5.75 Å². The first-order chi connectivity index (χ1) is 10.0. The lowest BCUT2D eigenvalue weighted by Crippen LogP contribution is -2.18. The monoisotopic (exact) mass is 411 g/mol. The summed E-state index contributed by atoms with van der Waals surface area (Å²) in [6.07, 6.45) is 0. The molecule has 0 aliphatic heterocycles. The van der Waals surface area contributed by atoms with Crippen molar-refractivity contribution >= 4 is 31.9 Å². The quantitative estimate of drug-likeness (QED) is 0.711. The summed E-state index contributed by atoms with van der Waals surface area (Å²) in [5, 5.41) is 3.54. The zero-order chi connectivity index (χ0) is 15.4. The highest BCUT2D eigenvalue weighted by molar-refractivity contribution is 9.11. The van der Waals surface area contributed by atoms with Crippen LogP contribution in [-0.2, 0) is 6.54 Å². The van der Waals surface area contributed by atoms with Crippen molar-refractivity contribution in [1.82, 2.24) is 5.32 Å². The molecule has 0 amide bonds. The molecule has 2 nitrogen and oxygen atoms in total. The van der Waals surface area contributed by atoms with Crippen molar-refractivity contribution in [1.29, 1.82) is 0 Å². The normalized spacial score (nSPS) is 12.2. The minimum absolute atomic E-state index is 0.310. The van der Waals surface area contributed by atoms with E-state index in [-0.39, 0.29) is 0 Å². The maximum atomic E-state index is 5.32. The molecule has 1 N–H and O–H groups in total. The summed E-state index contributed by atoms with van der Waals surface area (Å²) >= 11 is 7.07. The maximum absolute atomic E-state index is 5.32. The highest BCUT2D eigenvalue weighted by Gasteiger charge is 2.09. The number of ether oxygens (including phenoxy) is 1. The zero-order valence-corrected chi connectivity index (χ0v) is 15.6. The van der Waals surface area contributed by atoms with Gasteiger partial charge in [-0.25, -0.2) is 0 Å². The van der Waals surface area contributed by atoms with E-state index in [9.17, 15) is 0 Å². The predicted molar refractivity (Wildman–Crippen MR) is 94.8 cm³/mol. The molecule has 0 saturated heterocycles. The fourth-order valence-corrected chi connectivity index (χ4v) is 3.76. The van der Waals surface area contributed by atoms with Crippen molar-refractivity contribution < 1.29 is 4.74 Å². The molecular weight excluding hydrogens is 394 g/mol. The number of benzene rings is 2. The highest BCUT2D eigenvalue weighted by Crippen LogP contribution is 2.34. The van der Waals surface area contributed by atoms with Gasteiger partial charge >= 0.3 is 0 Å². The van der Waals surface area contributed by atoms with Crippen LogP contribution in [-0.4, -0.2) is 7.11 Å². The van der Waals surface area contributed by atoms with Gasteiger partial charge in [-0.3, -0.25) is 0 Å². The van der Waals surface area contributed by atoms with E-state index in [4.69, 9.17) is 4.74 Å². The number of hydrogen-bond acceptors (Lipinski definition) is 2. The Bertz CT molecular complexity index is 588. The van der Waals surface area contributed by atoms with Gasteiger partial charge in [-0.05, 0) is 69.0 Å². The number of methoxy groups -OCH3 is 1. The molecule has 0 aliphatic rings. The van der Waals surface area contributed by atoms with Crippen LogP contribution in [0.1, 0.15) is 29.7 Å². The molecule has 0 spiro atoms. The predicted octanol–water partition coefficient (Wildman–Crippen LogP) is 5.38. The summed E-state index contributed by atoms with van der Waals surface area (Å²) < 4.78 is 7.24. The molecule has 0 radical (unpaired) electrons. The van der Waals surface area contributed by atoms with E-state index in [2.05, 4.69) is 87.4 Å². The number of nitrogens with one attached hydrogen (secondary N) is 1. The second kappa shape index (κ2) is 7.43. The summed E-state index contributed by atoms with van der Waals surface area (Å²) in [5.74, 6) is 0.824. The van der Waals surface area contributed by atoms with E-state index < -0.39 is 0 Å². The molecule has 0 heterocycles. The molecule has 2 aromatic carbocycles. The molecule has 0 fully saturated rings. The van der Waals surface area contributed by atoms with Gasteiger partial charge < -0.3 is 10.1 Å². The lowest BCUT2D eigenvalue weighted by molar-refractivity contribution is 0.409. The fourth-order valence-electron chi connectivity index (χ4n) is 2.15. The largest absolute Gasteiger partial charge is 0.494 e. The minimum atomic E-state index is 0.310. The van der Waals surface area contributed by atoms with E-state index in [1.807, 2.05) is 0 Å². The average molecular weight is 413 g/mol. The standard InChI is InChI=1S/C17H19Br2NO/c1-11-4-6-14(7-5-11)12(2)20-10-13-8-15(18)17(21-3)16(19)9-13/h4-9,12,20H,10H2,1-3H3/t12-/m0/s1. The Kier molecular flexibility index (Phi) is 5.85. The fraction of sp³-hybridized carbons (Fsp3) is 0.294. The first-order valence-corrected chi connectivity index (χ1v) is 8.41. The Morgan fingerprint density at radius 1 is 1.10 bits per heavy atom. The Hall–Kier alpha value is -0.840. The van der Waals surface area contributed by atoms with E-state index in [0.717, 1.165) is 21.2 Å².